The Labute approximate surface area is 118 Å². The van der Waals surface area contributed by atoms with Crippen LogP contribution in [0.25, 0.3) is 0 Å². The number of hydrogen-bond acceptors (Lipinski definition) is 5. The van der Waals surface area contributed by atoms with Crippen LogP contribution in [0.15, 0.2) is 29.9 Å². The number of likely N-dealkylation sites (N-methyl/N-ethyl adjacent to an activating group) is 1. The van der Waals surface area contributed by atoms with Crippen molar-refractivity contribution in [3.8, 4) is 0 Å². The van der Waals surface area contributed by atoms with E-state index in [1.807, 2.05) is 12.4 Å². The monoisotopic (exact) mass is 276 g/mol. The van der Waals surface area contributed by atoms with E-state index < -0.39 is 0 Å². The van der Waals surface area contributed by atoms with Crippen molar-refractivity contribution in [1.82, 2.24) is 14.9 Å². The van der Waals surface area contributed by atoms with Crippen LogP contribution in [0.2, 0.25) is 0 Å². The van der Waals surface area contributed by atoms with Crippen LogP contribution in [0.3, 0.4) is 0 Å². The van der Waals surface area contributed by atoms with Gasteiger partial charge in [0, 0.05) is 37.3 Å². The molecule has 2 N–H and O–H groups in total. The Kier molecular flexibility index (Phi) is 5.44. The van der Waals surface area contributed by atoms with Crippen molar-refractivity contribution in [3.05, 3.63) is 46.2 Å². The second-order valence-electron chi connectivity index (χ2n) is 4.61. The molecule has 2 heterocycles. The normalized spacial score (nSPS) is 11.1. The molecule has 0 atom stereocenters. The van der Waals surface area contributed by atoms with Gasteiger partial charge in [-0.2, -0.15) is 0 Å². The summed E-state index contributed by atoms with van der Waals surface area (Å²) in [5.41, 5.74) is 8.00. The third kappa shape index (κ3) is 4.70. The van der Waals surface area contributed by atoms with Crippen LogP contribution in [0, 0.1) is 0 Å². The molecule has 0 fully saturated rings. The maximum absolute atomic E-state index is 5.53. The van der Waals surface area contributed by atoms with Crippen molar-refractivity contribution >= 4 is 11.3 Å². The van der Waals surface area contributed by atoms with Crippen molar-refractivity contribution in [3.63, 3.8) is 0 Å². The van der Waals surface area contributed by atoms with Crippen molar-refractivity contribution in [2.45, 2.75) is 19.4 Å². The second-order valence-corrected chi connectivity index (χ2v) is 5.56. The second kappa shape index (κ2) is 7.33. The topological polar surface area (TPSA) is 55.0 Å². The first-order valence-electron chi connectivity index (χ1n) is 6.48. The number of aromatic nitrogens is 2. The molecule has 0 unspecified atom stereocenters. The number of nitrogens with zero attached hydrogens (tertiary/aromatic N) is 3. The summed E-state index contributed by atoms with van der Waals surface area (Å²) >= 11 is 1.70. The van der Waals surface area contributed by atoms with Crippen LogP contribution < -0.4 is 5.73 Å². The van der Waals surface area contributed by atoms with Gasteiger partial charge in [-0.25, -0.2) is 4.98 Å². The van der Waals surface area contributed by atoms with Crippen LogP contribution in [-0.2, 0) is 19.4 Å². The fourth-order valence-corrected chi connectivity index (χ4v) is 2.69. The quantitative estimate of drug-likeness (QED) is 0.836. The van der Waals surface area contributed by atoms with Crippen LogP contribution >= 0.6 is 11.3 Å². The highest BCUT2D eigenvalue weighted by atomic mass is 32.1. The van der Waals surface area contributed by atoms with E-state index >= 15 is 0 Å². The molecule has 0 aliphatic rings. The minimum Gasteiger partial charge on any atom is -0.330 e. The first kappa shape index (κ1) is 14.1. The average Bonchev–Trinajstić information content (AvgIpc) is 2.85. The van der Waals surface area contributed by atoms with E-state index in [0.717, 1.165) is 36.6 Å². The standard InChI is InChI=1S/C14H20N4S/c1-18(9-5-12-3-7-16-8-4-12)10-13-11-19-14(17-13)2-6-15/h3-4,7-8,11H,2,5-6,9-10,15H2,1H3. The Hall–Kier alpha value is -1.30. The summed E-state index contributed by atoms with van der Waals surface area (Å²) < 4.78 is 0. The fraction of sp³-hybridized carbons (Fsp3) is 0.429. The summed E-state index contributed by atoms with van der Waals surface area (Å²) in [7, 11) is 2.13. The number of rotatable bonds is 7. The molecule has 19 heavy (non-hydrogen) atoms. The molecule has 0 spiro atoms. The fourth-order valence-electron chi connectivity index (χ4n) is 1.88. The predicted octanol–water partition coefficient (Wildman–Crippen LogP) is 1.71. The highest BCUT2D eigenvalue weighted by Gasteiger charge is 2.05. The maximum atomic E-state index is 5.53. The SMILES string of the molecule is CN(CCc1ccncc1)Cc1csc(CCN)n1. The maximum Gasteiger partial charge on any atom is 0.0941 e. The van der Waals surface area contributed by atoms with Gasteiger partial charge in [-0.05, 0) is 37.7 Å². The van der Waals surface area contributed by atoms with Crippen molar-refractivity contribution in [2.75, 3.05) is 20.1 Å². The zero-order valence-corrected chi connectivity index (χ0v) is 12.1. The Morgan fingerprint density at radius 2 is 2.05 bits per heavy atom. The van der Waals surface area contributed by atoms with E-state index in [0.29, 0.717) is 6.54 Å². The van der Waals surface area contributed by atoms with Crippen LogP contribution in [0.1, 0.15) is 16.3 Å². The van der Waals surface area contributed by atoms with Gasteiger partial charge in [-0.1, -0.05) is 0 Å². The zero-order valence-electron chi connectivity index (χ0n) is 11.2. The lowest BCUT2D eigenvalue weighted by Gasteiger charge is -2.14. The third-order valence-electron chi connectivity index (χ3n) is 2.92. The largest absolute Gasteiger partial charge is 0.330 e. The highest BCUT2D eigenvalue weighted by molar-refractivity contribution is 7.09. The first-order valence-corrected chi connectivity index (χ1v) is 7.36. The van der Waals surface area contributed by atoms with Gasteiger partial charge >= 0.3 is 0 Å². The lowest BCUT2D eigenvalue weighted by molar-refractivity contribution is 0.327. The van der Waals surface area contributed by atoms with Gasteiger partial charge in [0.2, 0.25) is 0 Å². The molecule has 0 radical (unpaired) electrons. The molecule has 2 aromatic heterocycles. The van der Waals surface area contributed by atoms with E-state index in [2.05, 4.69) is 39.4 Å². The molecule has 0 aromatic carbocycles. The number of hydrogen-bond donors (Lipinski definition) is 1. The molecule has 0 saturated carbocycles. The van der Waals surface area contributed by atoms with Crippen molar-refractivity contribution in [1.29, 1.82) is 0 Å². The van der Waals surface area contributed by atoms with Crippen LogP contribution in [0.4, 0.5) is 0 Å². The minimum absolute atomic E-state index is 0.671. The minimum atomic E-state index is 0.671. The van der Waals surface area contributed by atoms with Crippen molar-refractivity contribution < 1.29 is 0 Å². The average molecular weight is 276 g/mol. The Morgan fingerprint density at radius 3 is 2.79 bits per heavy atom. The van der Waals surface area contributed by atoms with Gasteiger partial charge in [0.25, 0.3) is 0 Å². The Morgan fingerprint density at radius 1 is 1.26 bits per heavy atom. The number of pyridine rings is 1. The molecule has 5 heteroatoms. The lowest BCUT2D eigenvalue weighted by atomic mass is 10.2. The van der Waals surface area contributed by atoms with E-state index in [9.17, 15) is 0 Å². The summed E-state index contributed by atoms with van der Waals surface area (Å²) in [4.78, 5) is 10.9. The van der Waals surface area contributed by atoms with Gasteiger partial charge in [0.15, 0.2) is 0 Å². The Bertz CT molecular complexity index is 483. The van der Waals surface area contributed by atoms with Crippen LogP contribution in [-0.4, -0.2) is 35.0 Å². The zero-order chi connectivity index (χ0) is 13.5. The van der Waals surface area contributed by atoms with Gasteiger partial charge < -0.3 is 10.6 Å². The lowest BCUT2D eigenvalue weighted by Crippen LogP contribution is -2.21. The molecule has 0 aliphatic carbocycles. The molecular weight excluding hydrogens is 256 g/mol. The van der Waals surface area contributed by atoms with Gasteiger partial charge in [0.1, 0.15) is 0 Å². The van der Waals surface area contributed by atoms with E-state index in [1.54, 1.807) is 11.3 Å². The van der Waals surface area contributed by atoms with Gasteiger partial charge in [-0.15, -0.1) is 11.3 Å². The summed E-state index contributed by atoms with van der Waals surface area (Å²) in [6.45, 7) is 2.59. The molecule has 0 saturated heterocycles. The van der Waals surface area contributed by atoms with Crippen LogP contribution in [0.5, 0.6) is 0 Å². The smallest absolute Gasteiger partial charge is 0.0941 e. The molecule has 0 bridgehead atoms. The predicted molar refractivity (Wildman–Crippen MR) is 79.1 cm³/mol. The summed E-state index contributed by atoms with van der Waals surface area (Å²) in [6, 6.07) is 4.13. The highest BCUT2D eigenvalue weighted by Crippen LogP contribution is 2.11. The van der Waals surface area contributed by atoms with Gasteiger partial charge in [-0.3, -0.25) is 4.98 Å². The molecule has 102 valence electrons. The van der Waals surface area contributed by atoms with E-state index in [1.165, 1.54) is 5.56 Å². The number of nitrogens with two attached hydrogens (primary N) is 1. The summed E-state index contributed by atoms with van der Waals surface area (Å²) in [5, 5.41) is 3.27. The van der Waals surface area contributed by atoms with E-state index in [4.69, 9.17) is 5.73 Å². The molecule has 2 aromatic rings. The molecule has 0 aliphatic heterocycles. The first-order chi connectivity index (χ1) is 9.28. The molecule has 2 rings (SSSR count). The third-order valence-corrected chi connectivity index (χ3v) is 3.88. The number of thiazole rings is 1. The molecular formula is C14H20N4S. The summed E-state index contributed by atoms with van der Waals surface area (Å²) in [5.74, 6) is 0. The molecule has 0 amide bonds. The van der Waals surface area contributed by atoms with Crippen molar-refractivity contribution in [2.24, 2.45) is 5.73 Å². The van der Waals surface area contributed by atoms with Gasteiger partial charge in [0.05, 0.1) is 10.7 Å². The summed E-state index contributed by atoms with van der Waals surface area (Å²) in [6.07, 6.45) is 5.61. The Balaban J connectivity index is 1.78. The molecule has 4 nitrogen and oxygen atoms in total. The van der Waals surface area contributed by atoms with E-state index in [-0.39, 0.29) is 0 Å².